The molecule has 0 fully saturated rings. The number of nitrogens with one attached hydrogen (secondary N) is 1. The first-order chi connectivity index (χ1) is 12.7. The molecule has 0 spiro atoms. The molecule has 0 unspecified atom stereocenters. The Morgan fingerprint density at radius 1 is 1.15 bits per heavy atom. The number of ether oxygens (including phenoxy) is 1. The van der Waals surface area contributed by atoms with Crippen LogP contribution in [0.2, 0.25) is 0 Å². The Morgan fingerprint density at radius 3 is 2.37 bits per heavy atom. The van der Waals surface area contributed by atoms with E-state index in [1.807, 2.05) is 12.1 Å². The van der Waals surface area contributed by atoms with Crippen LogP contribution in [0.25, 0.3) is 0 Å². The van der Waals surface area contributed by atoms with Gasteiger partial charge < -0.3 is 10.1 Å². The number of benzene rings is 2. The highest BCUT2D eigenvalue weighted by atomic mass is 16.5. The van der Waals surface area contributed by atoms with Crippen molar-refractivity contribution in [2.75, 3.05) is 7.11 Å². The molecule has 0 saturated heterocycles. The molecule has 0 aliphatic carbocycles. The normalized spacial score (nSPS) is 12.0. The molecule has 0 heterocycles. The zero-order chi connectivity index (χ0) is 20.0. The molecule has 5 nitrogen and oxygen atoms in total. The summed E-state index contributed by atoms with van der Waals surface area (Å²) >= 11 is 0. The predicted octanol–water partition coefficient (Wildman–Crippen LogP) is 3.37. The Morgan fingerprint density at radius 2 is 1.81 bits per heavy atom. The summed E-state index contributed by atoms with van der Waals surface area (Å²) in [4.78, 5) is 24.7. The van der Waals surface area contributed by atoms with Gasteiger partial charge >= 0.3 is 5.97 Å². The molecule has 1 amide bonds. The second kappa shape index (κ2) is 8.50. The molecule has 2 rings (SSSR count). The van der Waals surface area contributed by atoms with Crippen molar-refractivity contribution in [2.45, 2.75) is 38.6 Å². The van der Waals surface area contributed by atoms with Crippen LogP contribution in [0.15, 0.2) is 48.5 Å². The third kappa shape index (κ3) is 5.42. The molecule has 140 valence electrons. The standard InChI is InChI=1S/C22H24N2O3/c1-22(2,3)18-10-8-17(9-11-18)20(25)24-19(21(26)27-4)13-15-6-5-7-16(12-15)14-23/h5-12,19H,13H2,1-4H3,(H,24,25)/t19-/m1/s1. The Balaban J connectivity index is 2.16. The van der Waals surface area contributed by atoms with E-state index >= 15 is 0 Å². The molecule has 2 aromatic carbocycles. The SMILES string of the molecule is COC(=O)[C@@H](Cc1cccc(C#N)c1)NC(=O)c1ccc(C(C)(C)C)cc1. The smallest absolute Gasteiger partial charge is 0.328 e. The van der Waals surface area contributed by atoms with Crippen molar-refractivity contribution in [1.82, 2.24) is 5.32 Å². The number of hydrogen-bond donors (Lipinski definition) is 1. The monoisotopic (exact) mass is 364 g/mol. The van der Waals surface area contributed by atoms with Crippen molar-refractivity contribution in [1.29, 1.82) is 5.26 Å². The zero-order valence-electron chi connectivity index (χ0n) is 16.1. The van der Waals surface area contributed by atoms with Crippen LogP contribution in [-0.4, -0.2) is 25.0 Å². The lowest BCUT2D eigenvalue weighted by Gasteiger charge is -2.20. The van der Waals surface area contributed by atoms with Gasteiger partial charge in [-0.15, -0.1) is 0 Å². The number of amides is 1. The minimum Gasteiger partial charge on any atom is -0.467 e. The van der Waals surface area contributed by atoms with Crippen LogP contribution in [-0.2, 0) is 21.4 Å². The Labute approximate surface area is 160 Å². The minimum atomic E-state index is -0.835. The third-order valence-electron chi connectivity index (χ3n) is 4.30. The van der Waals surface area contributed by atoms with E-state index in [1.165, 1.54) is 7.11 Å². The first-order valence-electron chi connectivity index (χ1n) is 8.73. The zero-order valence-corrected chi connectivity index (χ0v) is 16.1. The minimum absolute atomic E-state index is 0.00465. The fraction of sp³-hybridized carbons (Fsp3) is 0.318. The lowest BCUT2D eigenvalue weighted by Crippen LogP contribution is -2.43. The van der Waals surface area contributed by atoms with Crippen molar-refractivity contribution in [2.24, 2.45) is 0 Å². The van der Waals surface area contributed by atoms with Crippen LogP contribution < -0.4 is 5.32 Å². The van der Waals surface area contributed by atoms with E-state index in [-0.39, 0.29) is 17.7 Å². The molecule has 0 saturated carbocycles. The van der Waals surface area contributed by atoms with Crippen LogP contribution in [0.4, 0.5) is 0 Å². The van der Waals surface area contributed by atoms with Gasteiger partial charge in [-0.2, -0.15) is 5.26 Å². The number of nitrogens with zero attached hydrogens (tertiary/aromatic N) is 1. The number of nitriles is 1. The van der Waals surface area contributed by atoms with Crippen molar-refractivity contribution in [3.05, 3.63) is 70.8 Å². The van der Waals surface area contributed by atoms with E-state index < -0.39 is 12.0 Å². The summed E-state index contributed by atoms with van der Waals surface area (Å²) in [7, 11) is 1.28. The number of methoxy groups -OCH3 is 1. The maximum atomic E-state index is 12.6. The van der Waals surface area contributed by atoms with Gasteiger partial charge in [-0.05, 0) is 40.8 Å². The van der Waals surface area contributed by atoms with E-state index in [0.717, 1.165) is 11.1 Å². The van der Waals surface area contributed by atoms with E-state index in [0.29, 0.717) is 11.1 Å². The molecule has 1 N–H and O–H groups in total. The summed E-state index contributed by atoms with van der Waals surface area (Å²) in [5.74, 6) is -0.876. The van der Waals surface area contributed by atoms with Crippen molar-refractivity contribution < 1.29 is 14.3 Å². The molecule has 0 aromatic heterocycles. The predicted molar refractivity (Wildman–Crippen MR) is 103 cm³/mol. The largest absolute Gasteiger partial charge is 0.467 e. The van der Waals surface area contributed by atoms with Crippen LogP contribution in [0.3, 0.4) is 0 Å². The highest BCUT2D eigenvalue weighted by Gasteiger charge is 2.23. The van der Waals surface area contributed by atoms with Crippen LogP contribution >= 0.6 is 0 Å². The van der Waals surface area contributed by atoms with Crippen LogP contribution in [0, 0.1) is 11.3 Å². The number of carbonyl (C=O) groups is 2. The van der Waals surface area contributed by atoms with Crippen molar-refractivity contribution in [3.63, 3.8) is 0 Å². The second-order valence-electron chi connectivity index (χ2n) is 7.39. The summed E-state index contributed by atoms with van der Waals surface area (Å²) in [5, 5.41) is 11.7. The molecule has 1 atom stereocenters. The average Bonchev–Trinajstić information content (AvgIpc) is 2.66. The molecule has 0 aliphatic rings. The molecule has 27 heavy (non-hydrogen) atoms. The van der Waals surface area contributed by atoms with Gasteiger partial charge in [0.2, 0.25) is 0 Å². The molecular formula is C22H24N2O3. The van der Waals surface area contributed by atoms with Gasteiger partial charge in [0.05, 0.1) is 18.7 Å². The van der Waals surface area contributed by atoms with Gasteiger partial charge in [-0.1, -0.05) is 45.0 Å². The Hall–Kier alpha value is -3.13. The maximum absolute atomic E-state index is 12.6. The van der Waals surface area contributed by atoms with E-state index in [1.54, 1.807) is 36.4 Å². The van der Waals surface area contributed by atoms with Gasteiger partial charge in [0, 0.05) is 12.0 Å². The maximum Gasteiger partial charge on any atom is 0.328 e. The quantitative estimate of drug-likeness (QED) is 0.825. The number of rotatable bonds is 5. The van der Waals surface area contributed by atoms with Gasteiger partial charge in [0.1, 0.15) is 6.04 Å². The average molecular weight is 364 g/mol. The first kappa shape index (κ1) is 20.2. The number of carbonyl (C=O) groups excluding carboxylic acids is 2. The van der Waals surface area contributed by atoms with Crippen LogP contribution in [0.5, 0.6) is 0 Å². The van der Waals surface area contributed by atoms with Crippen molar-refractivity contribution >= 4 is 11.9 Å². The fourth-order valence-electron chi connectivity index (χ4n) is 2.70. The van der Waals surface area contributed by atoms with Crippen molar-refractivity contribution in [3.8, 4) is 6.07 Å². The van der Waals surface area contributed by atoms with E-state index in [2.05, 4.69) is 32.2 Å². The Bertz CT molecular complexity index is 858. The summed E-state index contributed by atoms with van der Waals surface area (Å²) in [6.07, 6.45) is 0.244. The van der Waals surface area contributed by atoms with Gasteiger partial charge in [0.25, 0.3) is 5.91 Å². The number of esters is 1. The molecular weight excluding hydrogens is 340 g/mol. The van der Waals surface area contributed by atoms with E-state index in [9.17, 15) is 9.59 Å². The Kier molecular flexibility index (Phi) is 6.36. The molecule has 0 radical (unpaired) electrons. The second-order valence-corrected chi connectivity index (χ2v) is 7.39. The highest BCUT2D eigenvalue weighted by molar-refractivity contribution is 5.96. The summed E-state index contributed by atoms with van der Waals surface area (Å²) < 4.78 is 4.82. The fourth-order valence-corrected chi connectivity index (χ4v) is 2.70. The molecule has 0 aliphatic heterocycles. The van der Waals surface area contributed by atoms with Crippen LogP contribution in [0.1, 0.15) is 47.8 Å². The van der Waals surface area contributed by atoms with Gasteiger partial charge in [0.15, 0.2) is 0 Å². The first-order valence-corrected chi connectivity index (χ1v) is 8.73. The summed E-state index contributed by atoms with van der Waals surface area (Å²) in [6.45, 7) is 6.31. The van der Waals surface area contributed by atoms with E-state index in [4.69, 9.17) is 10.00 Å². The lowest BCUT2D eigenvalue weighted by atomic mass is 9.86. The highest BCUT2D eigenvalue weighted by Crippen LogP contribution is 2.22. The summed E-state index contributed by atoms with van der Waals surface area (Å²) in [5.41, 5.74) is 2.86. The third-order valence-corrected chi connectivity index (χ3v) is 4.30. The topological polar surface area (TPSA) is 79.2 Å². The van der Waals surface area contributed by atoms with Gasteiger partial charge in [-0.3, -0.25) is 4.79 Å². The number of hydrogen-bond acceptors (Lipinski definition) is 4. The molecule has 0 bridgehead atoms. The molecule has 5 heteroatoms. The lowest BCUT2D eigenvalue weighted by molar-refractivity contribution is -0.142. The summed E-state index contributed by atoms with van der Waals surface area (Å²) in [6, 6.07) is 15.5. The molecule has 2 aromatic rings. The van der Waals surface area contributed by atoms with Gasteiger partial charge in [-0.25, -0.2) is 4.79 Å².